The molecular weight excluding hydrogens is 512 g/mol. The number of likely N-dealkylation sites (N-methyl/N-ethyl adjacent to an activating group) is 1. The van der Waals surface area contributed by atoms with Crippen LogP contribution in [0.5, 0.6) is 11.5 Å². The van der Waals surface area contributed by atoms with Crippen LogP contribution in [0.3, 0.4) is 0 Å². The Hall–Kier alpha value is -3.50. The van der Waals surface area contributed by atoms with E-state index in [4.69, 9.17) is 9.47 Å². The lowest BCUT2D eigenvalue weighted by Gasteiger charge is -2.32. The summed E-state index contributed by atoms with van der Waals surface area (Å²) in [4.78, 5) is 42.4. The molecule has 0 bridgehead atoms. The summed E-state index contributed by atoms with van der Waals surface area (Å²) in [5, 5.41) is 9.79. The van der Waals surface area contributed by atoms with Crippen LogP contribution >= 0.6 is 0 Å². The van der Waals surface area contributed by atoms with Crippen molar-refractivity contribution in [2.75, 3.05) is 23.5 Å². The van der Waals surface area contributed by atoms with Gasteiger partial charge in [-0.3, -0.25) is 14.5 Å². The Labute approximate surface area is 228 Å². The number of carbonyl (C=O) groups excluding carboxylic acids is 2. The molecule has 3 aromatic carbocycles. The largest absolute Gasteiger partial charge is 0.454 e. The number of hydrogen-bond acceptors (Lipinski definition) is 6. The zero-order chi connectivity index (χ0) is 27.7. The Morgan fingerprint density at radius 1 is 0.974 bits per heavy atom. The fraction of sp³-hybridized carbons (Fsp3) is 0.333. The third kappa shape index (κ3) is 3.68. The Morgan fingerprint density at radius 3 is 2.38 bits per heavy atom. The van der Waals surface area contributed by atoms with Crippen LogP contribution in [0.15, 0.2) is 66.7 Å². The van der Waals surface area contributed by atoms with Gasteiger partial charge in [0.25, 0.3) is 11.8 Å². The standard InChI is InChI=1S/C30H32N2O6Si/c1-18-27(39(3,4)36)26(15-16-33)38-30(18)21-17-19(13-14-22(21)31(2)29(30)35)32-23-10-6-8-12-25(23)37-24-11-7-5-9-20(24)28(32)34/h5-14,17-18,26-27,33,36H,15-16H2,1-4H3/t18-,26+,27-,30+/m1/s1. The van der Waals surface area contributed by atoms with E-state index in [0.717, 1.165) is 0 Å². The Morgan fingerprint density at radius 2 is 1.67 bits per heavy atom. The summed E-state index contributed by atoms with van der Waals surface area (Å²) in [5.41, 5.74) is 1.35. The average Bonchev–Trinajstić information content (AvgIpc) is 3.26. The van der Waals surface area contributed by atoms with Crippen molar-refractivity contribution in [3.8, 4) is 11.5 Å². The third-order valence-corrected chi connectivity index (χ3v) is 10.9. The van der Waals surface area contributed by atoms with Gasteiger partial charge in [0.2, 0.25) is 0 Å². The van der Waals surface area contributed by atoms with Crippen molar-refractivity contribution in [2.24, 2.45) is 5.92 Å². The maximum absolute atomic E-state index is 14.0. The van der Waals surface area contributed by atoms with Crippen molar-refractivity contribution >= 4 is 37.2 Å². The molecule has 3 aliphatic rings. The zero-order valence-corrected chi connectivity index (χ0v) is 23.4. The first-order valence-corrected chi connectivity index (χ1v) is 16.3. The number of rotatable bonds is 4. The zero-order valence-electron chi connectivity index (χ0n) is 22.4. The van der Waals surface area contributed by atoms with Crippen molar-refractivity contribution in [3.05, 3.63) is 77.9 Å². The summed E-state index contributed by atoms with van der Waals surface area (Å²) < 4.78 is 12.8. The van der Waals surface area contributed by atoms with Gasteiger partial charge >= 0.3 is 0 Å². The van der Waals surface area contributed by atoms with Crippen molar-refractivity contribution in [2.45, 2.75) is 43.7 Å². The first-order chi connectivity index (χ1) is 18.6. The minimum absolute atomic E-state index is 0.107. The number of carbonyl (C=O) groups is 2. The number of ether oxygens (including phenoxy) is 2. The van der Waals surface area contributed by atoms with Gasteiger partial charge in [-0.2, -0.15) is 0 Å². The molecule has 1 spiro atoms. The maximum Gasteiger partial charge on any atom is 0.266 e. The Kier molecular flexibility index (Phi) is 5.96. The highest BCUT2D eigenvalue weighted by atomic mass is 28.4. The van der Waals surface area contributed by atoms with E-state index in [1.807, 2.05) is 68.5 Å². The molecule has 0 aromatic heterocycles. The van der Waals surface area contributed by atoms with Crippen LogP contribution in [0.2, 0.25) is 18.6 Å². The van der Waals surface area contributed by atoms with Gasteiger partial charge in [0.05, 0.1) is 23.0 Å². The number of para-hydroxylation sites is 3. The molecule has 0 unspecified atom stereocenters. The lowest BCUT2D eigenvalue weighted by molar-refractivity contribution is -0.146. The fourth-order valence-corrected chi connectivity index (χ4v) is 9.38. The molecule has 202 valence electrons. The van der Waals surface area contributed by atoms with E-state index in [1.165, 1.54) is 0 Å². The first kappa shape index (κ1) is 25.8. The number of amides is 2. The SMILES string of the molecule is C[C@@H]1[C@@H]([Si](C)(C)O)[C@H](CCO)O[C@@]12C(=O)N(C)c1ccc(N3C(=O)c4ccccc4Oc4ccccc43)cc12. The molecule has 39 heavy (non-hydrogen) atoms. The van der Waals surface area contributed by atoms with Gasteiger partial charge in [0, 0.05) is 36.4 Å². The molecule has 0 saturated carbocycles. The molecule has 3 heterocycles. The average molecular weight is 545 g/mol. The monoisotopic (exact) mass is 544 g/mol. The summed E-state index contributed by atoms with van der Waals surface area (Å²) >= 11 is 0. The van der Waals surface area contributed by atoms with Crippen LogP contribution in [0, 0.1) is 5.92 Å². The molecule has 3 aromatic rings. The van der Waals surface area contributed by atoms with Gasteiger partial charge in [0.15, 0.2) is 19.7 Å². The first-order valence-electron chi connectivity index (χ1n) is 13.2. The van der Waals surface area contributed by atoms with Crippen molar-refractivity contribution < 1.29 is 29.0 Å². The van der Waals surface area contributed by atoms with Crippen LogP contribution < -0.4 is 14.5 Å². The minimum Gasteiger partial charge on any atom is -0.454 e. The highest BCUT2D eigenvalue weighted by Crippen LogP contribution is 2.60. The van der Waals surface area contributed by atoms with Crippen LogP contribution in [-0.2, 0) is 15.1 Å². The molecule has 2 amide bonds. The van der Waals surface area contributed by atoms with E-state index < -0.39 is 20.0 Å². The van der Waals surface area contributed by atoms with Gasteiger partial charge in [-0.1, -0.05) is 31.2 Å². The third-order valence-electron chi connectivity index (χ3n) is 8.42. The molecule has 0 aliphatic carbocycles. The smallest absolute Gasteiger partial charge is 0.266 e. The van der Waals surface area contributed by atoms with Crippen LogP contribution in [0.1, 0.15) is 29.3 Å². The summed E-state index contributed by atoms with van der Waals surface area (Å²) in [6.07, 6.45) is -0.143. The summed E-state index contributed by atoms with van der Waals surface area (Å²) in [7, 11) is -1.07. The molecule has 9 heteroatoms. The van der Waals surface area contributed by atoms with Gasteiger partial charge in [-0.25, -0.2) is 0 Å². The van der Waals surface area contributed by atoms with E-state index in [2.05, 4.69) is 0 Å². The van der Waals surface area contributed by atoms with Gasteiger partial charge in [-0.15, -0.1) is 0 Å². The molecular formula is C30H32N2O6Si. The van der Waals surface area contributed by atoms with E-state index in [-0.39, 0.29) is 29.9 Å². The topological polar surface area (TPSA) is 99.5 Å². The van der Waals surface area contributed by atoms with E-state index in [9.17, 15) is 19.5 Å². The van der Waals surface area contributed by atoms with Crippen molar-refractivity contribution in [3.63, 3.8) is 0 Å². The van der Waals surface area contributed by atoms with Crippen molar-refractivity contribution in [1.82, 2.24) is 0 Å². The number of aliphatic hydroxyl groups excluding tert-OH is 1. The number of benzene rings is 3. The molecule has 1 fully saturated rings. The highest BCUT2D eigenvalue weighted by Gasteiger charge is 2.65. The quantitative estimate of drug-likeness (QED) is 0.452. The lowest BCUT2D eigenvalue weighted by atomic mass is 9.82. The number of anilines is 3. The summed E-state index contributed by atoms with van der Waals surface area (Å²) in [6.45, 7) is 5.55. The minimum atomic E-state index is -2.79. The van der Waals surface area contributed by atoms with Crippen LogP contribution in [0.25, 0.3) is 0 Å². The van der Waals surface area contributed by atoms with Gasteiger partial charge in [-0.05, 0) is 62.0 Å². The van der Waals surface area contributed by atoms with E-state index in [0.29, 0.717) is 46.1 Å². The number of fused-ring (bicyclic) bond motifs is 4. The van der Waals surface area contributed by atoms with Gasteiger partial charge in [0.1, 0.15) is 5.75 Å². The second-order valence-electron chi connectivity index (χ2n) is 11.1. The van der Waals surface area contributed by atoms with Gasteiger partial charge < -0.3 is 24.3 Å². The molecule has 1 saturated heterocycles. The predicted octanol–water partition coefficient (Wildman–Crippen LogP) is 4.93. The second-order valence-corrected chi connectivity index (χ2v) is 15.1. The van der Waals surface area contributed by atoms with Crippen molar-refractivity contribution in [1.29, 1.82) is 0 Å². The van der Waals surface area contributed by atoms with Crippen LogP contribution in [0.4, 0.5) is 17.1 Å². The Bertz CT molecular complexity index is 1490. The molecule has 4 atom stereocenters. The fourth-order valence-electron chi connectivity index (χ4n) is 6.77. The highest BCUT2D eigenvalue weighted by molar-refractivity contribution is 6.71. The number of nitrogens with zero attached hydrogens (tertiary/aromatic N) is 2. The molecule has 6 rings (SSSR count). The number of aliphatic hydroxyl groups is 1. The van der Waals surface area contributed by atoms with E-state index >= 15 is 0 Å². The molecule has 8 nitrogen and oxygen atoms in total. The summed E-state index contributed by atoms with van der Waals surface area (Å²) in [6, 6.07) is 20.0. The molecule has 0 radical (unpaired) electrons. The molecule has 2 N–H and O–H groups in total. The molecule has 3 aliphatic heterocycles. The number of hydrogen-bond donors (Lipinski definition) is 2. The lowest BCUT2D eigenvalue weighted by Crippen LogP contribution is -2.45. The predicted molar refractivity (Wildman–Crippen MR) is 150 cm³/mol. The summed E-state index contributed by atoms with van der Waals surface area (Å²) in [5.74, 6) is 0.219. The second kappa shape index (κ2) is 9.02. The Balaban J connectivity index is 1.54. The van der Waals surface area contributed by atoms with E-state index in [1.54, 1.807) is 35.0 Å². The normalized spacial score (nSPS) is 25.8. The van der Waals surface area contributed by atoms with Crippen LogP contribution in [-0.4, -0.2) is 49.8 Å². The maximum atomic E-state index is 14.0.